The van der Waals surface area contributed by atoms with Crippen LogP contribution in [0, 0.1) is 0 Å². The van der Waals surface area contributed by atoms with E-state index in [0.29, 0.717) is 0 Å². The Bertz CT molecular complexity index is 361. The zero-order valence-corrected chi connectivity index (χ0v) is 10.2. The van der Waals surface area contributed by atoms with Crippen molar-refractivity contribution < 1.29 is 4.79 Å². The summed E-state index contributed by atoms with van der Waals surface area (Å²) in [6.45, 7) is 6.08. The molecule has 3 heteroatoms. The van der Waals surface area contributed by atoms with E-state index in [9.17, 15) is 4.79 Å². The van der Waals surface area contributed by atoms with Crippen molar-refractivity contribution in [2.24, 2.45) is 5.73 Å². The summed E-state index contributed by atoms with van der Waals surface area (Å²) >= 11 is 0. The molecule has 0 aromatic heterocycles. The first-order chi connectivity index (χ1) is 7.56. The summed E-state index contributed by atoms with van der Waals surface area (Å²) in [6, 6.07) is 7.75. The van der Waals surface area contributed by atoms with Crippen molar-refractivity contribution in [1.82, 2.24) is 5.32 Å². The number of primary amides is 1. The van der Waals surface area contributed by atoms with E-state index in [4.69, 9.17) is 5.73 Å². The number of rotatable bonds is 5. The van der Waals surface area contributed by atoms with E-state index >= 15 is 0 Å². The summed E-state index contributed by atoms with van der Waals surface area (Å²) in [5.41, 5.74) is 7.60. The standard InChI is InChI=1S/C13H20N2O/c1-4-10-7-5-6-8-11(10)12(13(14)16)15-9(2)3/h5-9,12,15H,4H2,1-3H3,(H2,14,16). The molecular formula is C13H20N2O. The lowest BCUT2D eigenvalue weighted by Gasteiger charge is -2.20. The van der Waals surface area contributed by atoms with Gasteiger partial charge in [-0.2, -0.15) is 0 Å². The van der Waals surface area contributed by atoms with Gasteiger partial charge in [0.15, 0.2) is 0 Å². The van der Waals surface area contributed by atoms with Gasteiger partial charge in [-0.3, -0.25) is 10.1 Å². The van der Waals surface area contributed by atoms with E-state index in [2.05, 4.69) is 12.2 Å². The summed E-state index contributed by atoms with van der Waals surface area (Å²) < 4.78 is 0. The molecule has 0 radical (unpaired) electrons. The molecule has 1 unspecified atom stereocenters. The quantitative estimate of drug-likeness (QED) is 0.794. The average molecular weight is 220 g/mol. The first kappa shape index (κ1) is 12.7. The lowest BCUT2D eigenvalue weighted by Crippen LogP contribution is -2.38. The Balaban J connectivity index is 3.05. The number of carbonyl (C=O) groups is 1. The monoisotopic (exact) mass is 220 g/mol. The van der Waals surface area contributed by atoms with Gasteiger partial charge in [0.1, 0.15) is 6.04 Å². The van der Waals surface area contributed by atoms with E-state index < -0.39 is 6.04 Å². The molecule has 88 valence electrons. The molecule has 0 aliphatic rings. The van der Waals surface area contributed by atoms with Crippen molar-refractivity contribution in [2.75, 3.05) is 0 Å². The Kier molecular flexibility index (Phi) is 4.50. The van der Waals surface area contributed by atoms with Crippen LogP contribution in [-0.4, -0.2) is 11.9 Å². The highest BCUT2D eigenvalue weighted by atomic mass is 16.1. The topological polar surface area (TPSA) is 55.1 Å². The molecule has 0 bridgehead atoms. The number of nitrogens with two attached hydrogens (primary N) is 1. The highest BCUT2D eigenvalue weighted by molar-refractivity contribution is 5.81. The molecular weight excluding hydrogens is 200 g/mol. The molecule has 3 N–H and O–H groups in total. The van der Waals surface area contributed by atoms with Crippen molar-refractivity contribution >= 4 is 5.91 Å². The molecule has 0 aliphatic heterocycles. The largest absolute Gasteiger partial charge is 0.368 e. The summed E-state index contributed by atoms with van der Waals surface area (Å²) in [7, 11) is 0. The lowest BCUT2D eigenvalue weighted by molar-refractivity contribution is -0.120. The van der Waals surface area contributed by atoms with Crippen LogP contribution < -0.4 is 11.1 Å². The first-order valence-corrected chi connectivity index (χ1v) is 5.69. The minimum absolute atomic E-state index is 0.224. The van der Waals surface area contributed by atoms with E-state index in [1.54, 1.807) is 0 Å². The normalized spacial score (nSPS) is 12.8. The molecule has 1 aromatic rings. The predicted octanol–water partition coefficient (Wildman–Crippen LogP) is 1.77. The van der Waals surface area contributed by atoms with Gasteiger partial charge in [-0.05, 0) is 31.4 Å². The molecule has 0 aliphatic carbocycles. The fraction of sp³-hybridized carbons (Fsp3) is 0.462. The Morgan fingerprint density at radius 2 is 2.00 bits per heavy atom. The molecule has 0 saturated carbocycles. The molecule has 1 amide bonds. The number of hydrogen-bond donors (Lipinski definition) is 2. The summed E-state index contributed by atoms with van der Waals surface area (Å²) in [5.74, 6) is -0.324. The van der Waals surface area contributed by atoms with Crippen LogP contribution in [0.15, 0.2) is 24.3 Å². The minimum Gasteiger partial charge on any atom is -0.368 e. The fourth-order valence-corrected chi connectivity index (χ4v) is 1.80. The third kappa shape index (κ3) is 3.07. The van der Waals surface area contributed by atoms with Gasteiger partial charge in [0.25, 0.3) is 0 Å². The van der Waals surface area contributed by atoms with E-state index in [0.717, 1.165) is 12.0 Å². The number of hydrogen-bond acceptors (Lipinski definition) is 2. The van der Waals surface area contributed by atoms with Gasteiger partial charge in [-0.15, -0.1) is 0 Å². The van der Waals surface area contributed by atoms with Crippen molar-refractivity contribution in [1.29, 1.82) is 0 Å². The molecule has 16 heavy (non-hydrogen) atoms. The van der Waals surface area contributed by atoms with E-state index in [1.807, 2.05) is 38.1 Å². The third-order valence-electron chi connectivity index (χ3n) is 2.53. The molecule has 1 rings (SSSR count). The Morgan fingerprint density at radius 3 is 2.50 bits per heavy atom. The van der Waals surface area contributed by atoms with Crippen LogP contribution in [0.25, 0.3) is 0 Å². The second kappa shape index (κ2) is 5.66. The number of nitrogens with one attached hydrogen (secondary N) is 1. The molecule has 1 aromatic carbocycles. The Labute approximate surface area is 97.0 Å². The smallest absolute Gasteiger partial charge is 0.239 e. The zero-order valence-electron chi connectivity index (χ0n) is 10.2. The number of carbonyl (C=O) groups excluding carboxylic acids is 1. The van der Waals surface area contributed by atoms with Gasteiger partial charge in [-0.1, -0.05) is 31.2 Å². The third-order valence-corrected chi connectivity index (χ3v) is 2.53. The number of amides is 1. The van der Waals surface area contributed by atoms with Crippen LogP contribution in [0.4, 0.5) is 0 Å². The summed E-state index contributed by atoms with van der Waals surface area (Å²) in [5, 5.41) is 3.20. The van der Waals surface area contributed by atoms with Crippen molar-refractivity contribution in [2.45, 2.75) is 39.3 Å². The SMILES string of the molecule is CCc1ccccc1C(NC(C)C)C(N)=O. The zero-order chi connectivity index (χ0) is 12.1. The highest BCUT2D eigenvalue weighted by Gasteiger charge is 2.20. The van der Waals surface area contributed by atoms with Gasteiger partial charge < -0.3 is 5.73 Å². The van der Waals surface area contributed by atoms with Crippen LogP contribution in [0.2, 0.25) is 0 Å². The molecule has 0 spiro atoms. The second-order valence-corrected chi connectivity index (χ2v) is 4.21. The van der Waals surface area contributed by atoms with Gasteiger partial charge in [0.2, 0.25) is 5.91 Å². The number of aryl methyl sites for hydroxylation is 1. The van der Waals surface area contributed by atoms with E-state index in [1.165, 1.54) is 5.56 Å². The average Bonchev–Trinajstić information content (AvgIpc) is 2.25. The maximum atomic E-state index is 11.5. The minimum atomic E-state index is -0.392. The van der Waals surface area contributed by atoms with Gasteiger partial charge >= 0.3 is 0 Å². The predicted molar refractivity (Wildman–Crippen MR) is 66.0 cm³/mol. The highest BCUT2D eigenvalue weighted by Crippen LogP contribution is 2.19. The van der Waals surface area contributed by atoms with Crippen LogP contribution in [0.3, 0.4) is 0 Å². The molecule has 0 saturated heterocycles. The van der Waals surface area contributed by atoms with Crippen LogP contribution in [-0.2, 0) is 11.2 Å². The molecule has 0 heterocycles. The maximum Gasteiger partial charge on any atom is 0.239 e. The Hall–Kier alpha value is -1.35. The van der Waals surface area contributed by atoms with Crippen molar-refractivity contribution in [3.63, 3.8) is 0 Å². The van der Waals surface area contributed by atoms with E-state index in [-0.39, 0.29) is 11.9 Å². The summed E-state index contributed by atoms with van der Waals surface area (Å²) in [6.07, 6.45) is 0.903. The van der Waals surface area contributed by atoms with Crippen molar-refractivity contribution in [3.8, 4) is 0 Å². The molecule has 1 atom stereocenters. The maximum absolute atomic E-state index is 11.5. The molecule has 3 nitrogen and oxygen atoms in total. The van der Waals surface area contributed by atoms with Crippen molar-refractivity contribution in [3.05, 3.63) is 35.4 Å². The van der Waals surface area contributed by atoms with Gasteiger partial charge in [0, 0.05) is 6.04 Å². The number of benzene rings is 1. The summed E-state index contributed by atoms with van der Waals surface area (Å²) in [4.78, 5) is 11.5. The van der Waals surface area contributed by atoms with Gasteiger partial charge in [-0.25, -0.2) is 0 Å². The van der Waals surface area contributed by atoms with Crippen LogP contribution in [0.1, 0.15) is 37.9 Å². The molecule has 0 fully saturated rings. The van der Waals surface area contributed by atoms with Gasteiger partial charge in [0.05, 0.1) is 0 Å². The fourth-order valence-electron chi connectivity index (χ4n) is 1.80. The second-order valence-electron chi connectivity index (χ2n) is 4.21. The Morgan fingerprint density at radius 1 is 1.38 bits per heavy atom. The lowest BCUT2D eigenvalue weighted by atomic mass is 9.97. The van der Waals surface area contributed by atoms with Crippen LogP contribution >= 0.6 is 0 Å². The first-order valence-electron chi connectivity index (χ1n) is 5.69. The van der Waals surface area contributed by atoms with Crippen LogP contribution in [0.5, 0.6) is 0 Å².